The van der Waals surface area contributed by atoms with Crippen molar-refractivity contribution < 1.29 is 45.3 Å². The number of halogens is 8. The third-order valence-electron chi connectivity index (χ3n) is 4.18. The molecule has 0 aliphatic rings. The molecule has 10 heteroatoms. The highest BCUT2D eigenvalue weighted by Gasteiger charge is 2.81. The topological polar surface area (TPSA) is 40.5 Å². The van der Waals surface area contributed by atoms with Gasteiger partial charge in [-0.15, -0.1) is 0 Å². The monoisotopic (exact) mass is 414 g/mol. The number of rotatable bonds is 7. The summed E-state index contributed by atoms with van der Waals surface area (Å²) in [6, 6.07) is 4.53. The smallest absolute Gasteiger partial charge is 0.382 e. The standard InChI is InChI=1S/C18H14F8O2/c19-15(20,13-5-1-11(9-27)2-6-13)17(23,24)18(25,26)16(21,22)14-7-3-12(10-28)4-8-14/h1-8,27-28H,9-10H2. The number of alkyl halides is 8. The average Bonchev–Trinajstić information content (AvgIpc) is 2.67. The molecular weight excluding hydrogens is 400 g/mol. The Morgan fingerprint density at radius 1 is 0.500 bits per heavy atom. The zero-order valence-corrected chi connectivity index (χ0v) is 14.0. The Balaban J connectivity index is 2.49. The number of aliphatic hydroxyl groups excluding tert-OH is 2. The minimum absolute atomic E-state index is 0.0314. The van der Waals surface area contributed by atoms with Gasteiger partial charge in [-0.1, -0.05) is 48.5 Å². The van der Waals surface area contributed by atoms with E-state index < -0.39 is 48.0 Å². The van der Waals surface area contributed by atoms with E-state index in [0.717, 1.165) is 24.3 Å². The van der Waals surface area contributed by atoms with Crippen LogP contribution in [0.4, 0.5) is 35.1 Å². The lowest BCUT2D eigenvalue weighted by atomic mass is 9.90. The zero-order valence-electron chi connectivity index (χ0n) is 14.0. The Morgan fingerprint density at radius 2 is 0.750 bits per heavy atom. The molecule has 0 aliphatic carbocycles. The van der Waals surface area contributed by atoms with Crippen molar-refractivity contribution >= 4 is 0 Å². The second-order valence-corrected chi connectivity index (χ2v) is 6.01. The van der Waals surface area contributed by atoms with Crippen molar-refractivity contribution in [1.29, 1.82) is 0 Å². The Hall–Kier alpha value is -2.20. The second-order valence-electron chi connectivity index (χ2n) is 6.01. The zero-order chi connectivity index (χ0) is 21.4. The van der Waals surface area contributed by atoms with E-state index in [1.807, 2.05) is 0 Å². The summed E-state index contributed by atoms with van der Waals surface area (Å²) >= 11 is 0. The average molecular weight is 414 g/mol. The molecular formula is C18H14F8O2. The molecule has 0 atom stereocenters. The maximum Gasteiger partial charge on any atom is 0.382 e. The fourth-order valence-electron chi connectivity index (χ4n) is 2.40. The maximum atomic E-state index is 14.2. The van der Waals surface area contributed by atoms with Crippen LogP contribution in [0.1, 0.15) is 22.3 Å². The first-order chi connectivity index (χ1) is 12.8. The van der Waals surface area contributed by atoms with Crippen LogP contribution in [0.25, 0.3) is 0 Å². The van der Waals surface area contributed by atoms with Crippen LogP contribution in [0.5, 0.6) is 0 Å². The fourth-order valence-corrected chi connectivity index (χ4v) is 2.40. The lowest BCUT2D eigenvalue weighted by molar-refractivity contribution is -0.374. The predicted octanol–water partition coefficient (Wildman–Crippen LogP) is 4.83. The van der Waals surface area contributed by atoms with Crippen LogP contribution in [0.15, 0.2) is 48.5 Å². The van der Waals surface area contributed by atoms with Gasteiger partial charge in [-0.05, 0) is 11.1 Å². The molecule has 28 heavy (non-hydrogen) atoms. The van der Waals surface area contributed by atoms with Crippen LogP contribution in [0, 0.1) is 0 Å². The molecule has 0 spiro atoms. The van der Waals surface area contributed by atoms with Crippen LogP contribution in [-0.2, 0) is 25.1 Å². The maximum absolute atomic E-state index is 14.2. The van der Waals surface area contributed by atoms with E-state index in [4.69, 9.17) is 10.2 Å². The van der Waals surface area contributed by atoms with Gasteiger partial charge in [0.05, 0.1) is 13.2 Å². The van der Waals surface area contributed by atoms with E-state index in [1.165, 1.54) is 0 Å². The molecule has 2 aromatic carbocycles. The highest BCUT2D eigenvalue weighted by atomic mass is 19.4. The molecule has 0 radical (unpaired) electrons. The van der Waals surface area contributed by atoms with Gasteiger partial charge < -0.3 is 10.2 Å². The van der Waals surface area contributed by atoms with Crippen molar-refractivity contribution in [2.75, 3.05) is 0 Å². The minimum Gasteiger partial charge on any atom is -0.392 e. The van der Waals surface area contributed by atoms with Crippen LogP contribution in [0.2, 0.25) is 0 Å². The van der Waals surface area contributed by atoms with Gasteiger partial charge in [0.2, 0.25) is 0 Å². The summed E-state index contributed by atoms with van der Waals surface area (Å²) in [6.07, 6.45) is 0. The van der Waals surface area contributed by atoms with Crippen molar-refractivity contribution in [2.45, 2.75) is 36.9 Å². The van der Waals surface area contributed by atoms with Gasteiger partial charge in [0.1, 0.15) is 0 Å². The molecule has 0 saturated carbocycles. The van der Waals surface area contributed by atoms with Gasteiger partial charge in [0.25, 0.3) is 0 Å². The first kappa shape index (κ1) is 22.1. The first-order valence-electron chi connectivity index (χ1n) is 7.74. The molecule has 0 bridgehead atoms. The second kappa shape index (κ2) is 7.32. The Bertz CT molecular complexity index is 732. The van der Waals surface area contributed by atoms with Crippen LogP contribution in [-0.4, -0.2) is 22.1 Å². The summed E-state index contributed by atoms with van der Waals surface area (Å²) in [6.45, 7) is -1.25. The van der Waals surface area contributed by atoms with E-state index in [1.54, 1.807) is 0 Å². The van der Waals surface area contributed by atoms with Gasteiger partial charge >= 0.3 is 23.7 Å². The Morgan fingerprint density at radius 3 is 0.964 bits per heavy atom. The normalized spacial score (nSPS) is 13.6. The first-order valence-corrected chi connectivity index (χ1v) is 7.74. The molecule has 2 rings (SSSR count). The fraction of sp³-hybridized carbons (Fsp3) is 0.333. The van der Waals surface area contributed by atoms with E-state index in [9.17, 15) is 35.1 Å². The predicted molar refractivity (Wildman–Crippen MR) is 82.4 cm³/mol. The van der Waals surface area contributed by atoms with Gasteiger partial charge in [-0.25, -0.2) is 0 Å². The van der Waals surface area contributed by atoms with Gasteiger partial charge in [-0.2, -0.15) is 35.1 Å². The lowest BCUT2D eigenvalue weighted by Crippen LogP contribution is -2.59. The molecule has 0 heterocycles. The number of aliphatic hydroxyl groups is 2. The summed E-state index contributed by atoms with van der Waals surface area (Å²) in [4.78, 5) is 0. The van der Waals surface area contributed by atoms with Crippen LogP contribution >= 0.6 is 0 Å². The van der Waals surface area contributed by atoms with Gasteiger partial charge in [0, 0.05) is 11.1 Å². The third kappa shape index (κ3) is 3.35. The molecule has 2 nitrogen and oxygen atoms in total. The van der Waals surface area contributed by atoms with E-state index >= 15 is 0 Å². The number of hydrogen-bond donors (Lipinski definition) is 2. The Labute approximate surface area is 154 Å². The van der Waals surface area contributed by atoms with E-state index in [-0.39, 0.29) is 11.1 Å². The summed E-state index contributed by atoms with van der Waals surface area (Å²) in [7, 11) is 0. The van der Waals surface area contributed by atoms with Crippen LogP contribution < -0.4 is 0 Å². The van der Waals surface area contributed by atoms with Crippen LogP contribution in [0.3, 0.4) is 0 Å². The van der Waals surface area contributed by atoms with Gasteiger partial charge in [0.15, 0.2) is 0 Å². The van der Waals surface area contributed by atoms with Crippen molar-refractivity contribution in [3.8, 4) is 0 Å². The summed E-state index contributed by atoms with van der Waals surface area (Å²) in [5.74, 6) is -24.2. The summed E-state index contributed by atoms with van der Waals surface area (Å²) in [5.41, 5.74) is -3.16. The van der Waals surface area contributed by atoms with Crippen molar-refractivity contribution in [3.05, 3.63) is 70.8 Å². The third-order valence-corrected chi connectivity index (χ3v) is 4.18. The van der Waals surface area contributed by atoms with Crippen molar-refractivity contribution in [1.82, 2.24) is 0 Å². The molecule has 0 aliphatic heterocycles. The van der Waals surface area contributed by atoms with Crippen molar-refractivity contribution in [2.24, 2.45) is 0 Å². The summed E-state index contributed by atoms with van der Waals surface area (Å²) in [5, 5.41) is 17.6. The van der Waals surface area contributed by atoms with E-state index in [0.29, 0.717) is 24.3 Å². The molecule has 2 N–H and O–H groups in total. The lowest BCUT2D eigenvalue weighted by Gasteiger charge is -2.37. The molecule has 0 fully saturated rings. The highest BCUT2D eigenvalue weighted by molar-refractivity contribution is 5.32. The molecule has 0 amide bonds. The minimum atomic E-state index is -6.46. The van der Waals surface area contributed by atoms with Crippen molar-refractivity contribution in [3.63, 3.8) is 0 Å². The number of hydrogen-bond acceptors (Lipinski definition) is 2. The van der Waals surface area contributed by atoms with E-state index in [2.05, 4.69) is 0 Å². The molecule has 0 unspecified atom stereocenters. The highest BCUT2D eigenvalue weighted by Crippen LogP contribution is 2.59. The molecule has 154 valence electrons. The Kier molecular flexibility index (Phi) is 5.78. The largest absolute Gasteiger partial charge is 0.392 e. The quantitative estimate of drug-likeness (QED) is 0.638. The summed E-state index contributed by atoms with van der Waals surface area (Å²) < 4.78 is 113. The number of benzene rings is 2. The molecule has 0 saturated heterocycles. The molecule has 0 aromatic heterocycles. The SMILES string of the molecule is OCc1ccc(C(F)(F)C(F)(F)C(F)(F)C(F)(F)c2ccc(CO)cc2)cc1. The molecule has 2 aromatic rings. The van der Waals surface area contributed by atoms with Gasteiger partial charge in [-0.3, -0.25) is 0 Å².